The van der Waals surface area contributed by atoms with Gasteiger partial charge in [0.1, 0.15) is 6.54 Å². The van der Waals surface area contributed by atoms with E-state index in [1.165, 1.54) is 16.7 Å². The average molecular weight is 337 g/mol. The van der Waals surface area contributed by atoms with Crippen molar-refractivity contribution in [1.82, 2.24) is 0 Å². The molecule has 2 amide bonds. The molecule has 0 saturated carbocycles. The van der Waals surface area contributed by atoms with Crippen LogP contribution in [0, 0.1) is 11.3 Å². The number of carbonyl (C=O) groups is 2. The van der Waals surface area contributed by atoms with Crippen LogP contribution in [0.2, 0.25) is 0 Å². The maximum Gasteiger partial charge on any atom is 0.244 e. The fourth-order valence-corrected chi connectivity index (χ4v) is 3.40. The Morgan fingerprint density at radius 2 is 1.96 bits per heavy atom. The van der Waals surface area contributed by atoms with Crippen molar-refractivity contribution < 1.29 is 9.59 Å². The number of fused-ring (bicyclic) bond motifs is 1. The average Bonchev–Trinajstić information content (AvgIpc) is 2.59. The monoisotopic (exact) mass is 337 g/mol. The number of benzene rings is 2. The van der Waals surface area contributed by atoms with Gasteiger partial charge in [-0.25, -0.2) is 0 Å². The lowest BCUT2D eigenvalue weighted by molar-refractivity contribution is -0.120. The highest BCUT2D eigenvalue weighted by Gasteiger charge is 2.26. The van der Waals surface area contributed by atoms with Crippen LogP contribution in [0.5, 0.6) is 0 Å². The molecular weight excluding hydrogens is 322 g/mol. The summed E-state index contributed by atoms with van der Waals surface area (Å²) in [7, 11) is 0. The number of amides is 2. The lowest BCUT2D eigenvalue weighted by Gasteiger charge is -2.28. The van der Waals surface area contributed by atoms with Crippen molar-refractivity contribution in [3.63, 3.8) is 0 Å². The number of nitrogens with zero attached hydrogens (tertiary/aromatic N) is 2. The molecule has 1 aliphatic rings. The van der Waals surface area contributed by atoms with E-state index in [2.05, 4.69) is 11.4 Å². The molecule has 5 nitrogen and oxygen atoms in total. The summed E-state index contributed by atoms with van der Waals surface area (Å²) < 4.78 is 0. The van der Waals surface area contributed by atoms with Gasteiger partial charge < -0.3 is 10.2 Å². The maximum absolute atomic E-state index is 12.3. The summed E-state index contributed by atoms with van der Waals surface area (Å²) in [5.41, 5.74) is 2.32. The quantitative estimate of drug-likeness (QED) is 0.931. The van der Waals surface area contributed by atoms with E-state index in [0.717, 1.165) is 16.1 Å². The van der Waals surface area contributed by atoms with Crippen LogP contribution in [0.1, 0.15) is 5.56 Å². The van der Waals surface area contributed by atoms with Gasteiger partial charge in [0.05, 0.1) is 23.9 Å². The third kappa shape index (κ3) is 3.58. The predicted molar refractivity (Wildman–Crippen MR) is 93.9 cm³/mol. The van der Waals surface area contributed by atoms with Gasteiger partial charge in [0, 0.05) is 10.6 Å². The Hall–Kier alpha value is -2.78. The maximum atomic E-state index is 12.3. The van der Waals surface area contributed by atoms with Crippen molar-refractivity contribution in [3.05, 3.63) is 54.1 Å². The molecule has 2 aromatic carbocycles. The van der Waals surface area contributed by atoms with Crippen molar-refractivity contribution in [2.75, 3.05) is 22.5 Å². The van der Waals surface area contributed by atoms with Gasteiger partial charge in [0.2, 0.25) is 11.8 Å². The van der Waals surface area contributed by atoms with Gasteiger partial charge >= 0.3 is 0 Å². The zero-order chi connectivity index (χ0) is 16.9. The molecule has 0 fully saturated rings. The van der Waals surface area contributed by atoms with Gasteiger partial charge in [-0.1, -0.05) is 24.3 Å². The summed E-state index contributed by atoms with van der Waals surface area (Å²) in [6.07, 6.45) is 0.338. The second-order valence-corrected chi connectivity index (χ2v) is 6.33. The number of thioether (sulfide) groups is 1. The van der Waals surface area contributed by atoms with E-state index in [9.17, 15) is 9.59 Å². The Bertz CT molecular complexity index is 812. The lowest BCUT2D eigenvalue weighted by Crippen LogP contribution is -2.41. The summed E-state index contributed by atoms with van der Waals surface area (Å²) in [5, 5.41) is 11.5. The molecule has 3 rings (SSSR count). The van der Waals surface area contributed by atoms with Gasteiger partial charge in [-0.3, -0.25) is 9.59 Å². The second kappa shape index (κ2) is 7.20. The molecule has 1 heterocycles. The molecule has 1 aliphatic heterocycles. The van der Waals surface area contributed by atoms with Crippen LogP contribution in [0.3, 0.4) is 0 Å². The number of nitrogens with one attached hydrogen (secondary N) is 1. The van der Waals surface area contributed by atoms with Gasteiger partial charge in [-0.15, -0.1) is 11.8 Å². The number of anilines is 2. The van der Waals surface area contributed by atoms with Crippen molar-refractivity contribution in [2.24, 2.45) is 0 Å². The number of rotatable bonds is 4. The molecular formula is C18H15N3O2S. The summed E-state index contributed by atoms with van der Waals surface area (Å²) >= 11 is 1.49. The molecule has 1 N–H and O–H groups in total. The molecule has 0 aromatic heterocycles. The largest absolute Gasteiger partial charge is 0.325 e. The van der Waals surface area contributed by atoms with Gasteiger partial charge in [-0.05, 0) is 29.8 Å². The minimum Gasteiger partial charge on any atom is -0.325 e. The second-order valence-electron chi connectivity index (χ2n) is 5.32. The Labute approximate surface area is 144 Å². The molecule has 0 unspecified atom stereocenters. The first kappa shape index (κ1) is 16.1. The van der Waals surface area contributed by atoms with E-state index in [4.69, 9.17) is 5.26 Å². The Morgan fingerprint density at radius 3 is 2.71 bits per heavy atom. The van der Waals surface area contributed by atoms with Crippen molar-refractivity contribution >= 4 is 35.0 Å². The number of hydrogen-bond donors (Lipinski definition) is 1. The topological polar surface area (TPSA) is 73.2 Å². The fourth-order valence-electron chi connectivity index (χ4n) is 2.47. The van der Waals surface area contributed by atoms with Crippen LogP contribution in [-0.4, -0.2) is 24.1 Å². The van der Waals surface area contributed by atoms with E-state index >= 15 is 0 Å². The van der Waals surface area contributed by atoms with Crippen LogP contribution >= 0.6 is 11.8 Å². The minimum absolute atomic E-state index is 0.0175. The number of para-hydroxylation sites is 1. The summed E-state index contributed by atoms with van der Waals surface area (Å²) in [4.78, 5) is 27.0. The van der Waals surface area contributed by atoms with Crippen LogP contribution in [0.4, 0.5) is 11.4 Å². The Balaban J connectivity index is 1.68. The predicted octanol–water partition coefficient (Wildman–Crippen LogP) is 2.83. The molecule has 0 bridgehead atoms. The number of carbonyl (C=O) groups excluding carboxylic acids is 2. The smallest absolute Gasteiger partial charge is 0.244 e. The standard InChI is InChI=1S/C18H15N3O2S/c19-10-9-13-5-7-14(8-6-13)20-17(22)11-21-15-3-1-2-4-16(15)24-12-18(21)23/h1-8H,9,11-12H2,(H,20,22). The zero-order valence-electron chi connectivity index (χ0n) is 12.9. The minimum atomic E-state index is -0.252. The van der Waals surface area contributed by atoms with Crippen molar-refractivity contribution in [3.8, 4) is 6.07 Å². The highest BCUT2D eigenvalue weighted by molar-refractivity contribution is 8.00. The molecule has 24 heavy (non-hydrogen) atoms. The number of nitriles is 1. The highest BCUT2D eigenvalue weighted by Crippen LogP contribution is 2.34. The first-order valence-electron chi connectivity index (χ1n) is 7.45. The normalized spacial score (nSPS) is 13.1. The van der Waals surface area contributed by atoms with E-state index in [-0.39, 0.29) is 18.4 Å². The highest BCUT2D eigenvalue weighted by atomic mass is 32.2. The van der Waals surface area contributed by atoms with Gasteiger partial charge in [0.15, 0.2) is 0 Å². The SMILES string of the molecule is N#CCc1ccc(NC(=O)CN2C(=O)CSc3ccccc32)cc1. The molecule has 0 saturated heterocycles. The fraction of sp³-hybridized carbons (Fsp3) is 0.167. The van der Waals surface area contributed by atoms with Gasteiger partial charge in [-0.2, -0.15) is 5.26 Å². The van der Waals surface area contributed by atoms with Gasteiger partial charge in [0.25, 0.3) is 0 Å². The molecule has 0 spiro atoms. The molecule has 2 aromatic rings. The van der Waals surface area contributed by atoms with Crippen molar-refractivity contribution in [2.45, 2.75) is 11.3 Å². The molecule has 0 radical (unpaired) electrons. The molecule has 0 aliphatic carbocycles. The summed E-state index contributed by atoms with van der Waals surface area (Å²) in [6, 6.07) is 16.8. The summed E-state index contributed by atoms with van der Waals surface area (Å²) in [6.45, 7) is -0.0175. The van der Waals surface area contributed by atoms with E-state index in [1.807, 2.05) is 24.3 Å². The van der Waals surface area contributed by atoms with Crippen LogP contribution in [0.15, 0.2) is 53.4 Å². The van der Waals surface area contributed by atoms with E-state index in [0.29, 0.717) is 17.9 Å². The lowest BCUT2D eigenvalue weighted by atomic mass is 10.1. The molecule has 120 valence electrons. The Kier molecular flexibility index (Phi) is 4.82. The molecule has 0 atom stereocenters. The molecule has 6 heteroatoms. The van der Waals surface area contributed by atoms with Crippen LogP contribution < -0.4 is 10.2 Å². The van der Waals surface area contributed by atoms with Crippen molar-refractivity contribution in [1.29, 1.82) is 5.26 Å². The Morgan fingerprint density at radius 1 is 1.21 bits per heavy atom. The third-order valence-electron chi connectivity index (χ3n) is 3.63. The third-order valence-corrected chi connectivity index (χ3v) is 4.68. The number of hydrogen-bond acceptors (Lipinski definition) is 4. The first-order valence-corrected chi connectivity index (χ1v) is 8.44. The van der Waals surface area contributed by atoms with Crippen LogP contribution in [-0.2, 0) is 16.0 Å². The van der Waals surface area contributed by atoms with E-state index in [1.54, 1.807) is 24.3 Å². The zero-order valence-corrected chi connectivity index (χ0v) is 13.7. The van der Waals surface area contributed by atoms with Crippen LogP contribution in [0.25, 0.3) is 0 Å². The summed E-state index contributed by atoms with van der Waals surface area (Å²) in [5.74, 6) is 0.0176. The van der Waals surface area contributed by atoms with E-state index < -0.39 is 0 Å². The first-order chi connectivity index (χ1) is 11.7.